The molecule has 102 valence electrons. The molecule has 0 aliphatic rings. The van der Waals surface area contributed by atoms with Crippen molar-refractivity contribution in [2.24, 2.45) is 0 Å². The van der Waals surface area contributed by atoms with Crippen molar-refractivity contribution < 1.29 is 27.4 Å². The van der Waals surface area contributed by atoms with Crippen LogP contribution in [0.3, 0.4) is 0 Å². The van der Waals surface area contributed by atoms with Gasteiger partial charge in [-0.3, -0.25) is 0 Å². The summed E-state index contributed by atoms with van der Waals surface area (Å²) in [5.41, 5.74) is -0.727. The highest BCUT2D eigenvalue weighted by Crippen LogP contribution is 2.31. The van der Waals surface area contributed by atoms with Gasteiger partial charge >= 0.3 is 12.3 Å². The van der Waals surface area contributed by atoms with Crippen LogP contribution >= 0.6 is 22.6 Å². The number of nitriles is 1. The van der Waals surface area contributed by atoms with Gasteiger partial charge in [0.15, 0.2) is 0 Å². The van der Waals surface area contributed by atoms with Crippen molar-refractivity contribution in [1.82, 2.24) is 0 Å². The minimum absolute atomic E-state index is 0.0458. The normalized spacial score (nSPS) is 10.7. The number of alkyl halides is 3. The zero-order valence-corrected chi connectivity index (χ0v) is 11.7. The molecular formula is C11H7F3INO3. The molecule has 0 saturated heterocycles. The molecule has 0 N–H and O–H groups in total. The number of ether oxygens (including phenoxy) is 2. The van der Waals surface area contributed by atoms with Gasteiger partial charge in [0.1, 0.15) is 17.4 Å². The topological polar surface area (TPSA) is 59.3 Å². The van der Waals surface area contributed by atoms with Gasteiger partial charge in [-0.25, -0.2) is 4.79 Å². The highest BCUT2D eigenvalue weighted by molar-refractivity contribution is 14.1. The number of hydrogen-bond donors (Lipinski definition) is 0. The number of nitrogens with zero attached hydrogens (tertiary/aromatic N) is 1. The van der Waals surface area contributed by atoms with E-state index < -0.39 is 23.6 Å². The first kappa shape index (κ1) is 15.6. The fourth-order valence-corrected chi connectivity index (χ4v) is 1.95. The molecule has 19 heavy (non-hydrogen) atoms. The highest BCUT2D eigenvalue weighted by Gasteiger charge is 2.33. The van der Waals surface area contributed by atoms with Crippen molar-refractivity contribution in [1.29, 1.82) is 5.26 Å². The van der Waals surface area contributed by atoms with E-state index in [-0.39, 0.29) is 12.2 Å². The summed E-state index contributed by atoms with van der Waals surface area (Å²) in [7, 11) is 0. The van der Waals surface area contributed by atoms with Crippen LogP contribution in [0, 0.1) is 14.9 Å². The summed E-state index contributed by atoms with van der Waals surface area (Å²) in [6, 6.07) is 3.76. The van der Waals surface area contributed by atoms with Crippen LogP contribution in [0.5, 0.6) is 5.75 Å². The second kappa shape index (κ2) is 6.10. The van der Waals surface area contributed by atoms with E-state index in [0.29, 0.717) is 3.57 Å². The summed E-state index contributed by atoms with van der Waals surface area (Å²) in [5.74, 6) is -1.59. The zero-order chi connectivity index (χ0) is 14.6. The van der Waals surface area contributed by atoms with Crippen LogP contribution in [0.1, 0.15) is 22.8 Å². The lowest BCUT2D eigenvalue weighted by atomic mass is 10.1. The van der Waals surface area contributed by atoms with Gasteiger partial charge < -0.3 is 9.47 Å². The van der Waals surface area contributed by atoms with Crippen LogP contribution < -0.4 is 4.74 Å². The van der Waals surface area contributed by atoms with Crippen molar-refractivity contribution in [3.05, 3.63) is 26.8 Å². The van der Waals surface area contributed by atoms with Crippen LogP contribution in [-0.2, 0) is 4.74 Å². The Hall–Kier alpha value is -1.50. The lowest BCUT2D eigenvalue weighted by Gasteiger charge is -2.13. The van der Waals surface area contributed by atoms with Crippen LogP contribution in [0.2, 0.25) is 0 Å². The third-order valence-electron chi connectivity index (χ3n) is 1.93. The summed E-state index contributed by atoms with van der Waals surface area (Å²) >= 11 is 1.73. The van der Waals surface area contributed by atoms with Gasteiger partial charge in [-0.15, -0.1) is 13.2 Å². The first-order valence-corrected chi connectivity index (χ1v) is 6.03. The van der Waals surface area contributed by atoms with Crippen LogP contribution in [0.4, 0.5) is 13.2 Å². The molecule has 0 saturated carbocycles. The number of benzene rings is 1. The third kappa shape index (κ3) is 3.99. The van der Waals surface area contributed by atoms with Crippen LogP contribution in [0.15, 0.2) is 12.1 Å². The Kier molecular flexibility index (Phi) is 4.99. The number of carbonyl (C=O) groups excluding carboxylic acids is 1. The van der Waals surface area contributed by atoms with Gasteiger partial charge in [0, 0.05) is 3.57 Å². The number of carbonyl (C=O) groups is 1. The van der Waals surface area contributed by atoms with E-state index >= 15 is 0 Å². The van der Waals surface area contributed by atoms with E-state index in [1.54, 1.807) is 29.5 Å². The minimum Gasteiger partial charge on any atom is -0.462 e. The third-order valence-corrected chi connectivity index (χ3v) is 2.83. The lowest BCUT2D eigenvalue weighted by molar-refractivity contribution is -0.274. The molecule has 0 aliphatic carbocycles. The Morgan fingerprint density at radius 1 is 1.47 bits per heavy atom. The number of halogens is 4. The summed E-state index contributed by atoms with van der Waals surface area (Å²) in [4.78, 5) is 11.6. The van der Waals surface area contributed by atoms with Gasteiger partial charge in [0.05, 0.1) is 12.2 Å². The Bertz CT molecular complexity index is 537. The van der Waals surface area contributed by atoms with Crippen molar-refractivity contribution in [3.8, 4) is 11.8 Å². The SMILES string of the molecule is CCOC(=O)c1c(I)ccc(OC(F)(F)F)c1C#N. The summed E-state index contributed by atoms with van der Waals surface area (Å²) in [6.07, 6.45) is -4.94. The Morgan fingerprint density at radius 2 is 2.11 bits per heavy atom. The summed E-state index contributed by atoms with van der Waals surface area (Å²) in [5, 5.41) is 8.93. The Balaban J connectivity index is 3.35. The molecule has 1 aromatic carbocycles. The van der Waals surface area contributed by atoms with Crippen LogP contribution in [0.25, 0.3) is 0 Å². The second-order valence-electron chi connectivity index (χ2n) is 3.18. The van der Waals surface area contributed by atoms with Gasteiger partial charge in [-0.1, -0.05) is 0 Å². The maximum Gasteiger partial charge on any atom is 0.573 e. The quantitative estimate of drug-likeness (QED) is 0.592. The lowest BCUT2D eigenvalue weighted by Crippen LogP contribution is -2.19. The first-order valence-electron chi connectivity index (χ1n) is 4.95. The minimum atomic E-state index is -4.94. The molecule has 0 heterocycles. The average Bonchev–Trinajstić information content (AvgIpc) is 2.29. The largest absolute Gasteiger partial charge is 0.573 e. The van der Waals surface area contributed by atoms with Crippen molar-refractivity contribution >= 4 is 28.6 Å². The van der Waals surface area contributed by atoms with Crippen LogP contribution in [-0.4, -0.2) is 18.9 Å². The standard InChI is InChI=1S/C11H7F3INO3/c1-2-18-10(17)9-6(5-16)8(4-3-7(9)15)19-11(12,13)14/h3-4H,2H2,1H3. The molecule has 0 aliphatic heterocycles. The maximum atomic E-state index is 12.2. The van der Waals surface area contributed by atoms with E-state index in [2.05, 4.69) is 4.74 Å². The highest BCUT2D eigenvalue weighted by atomic mass is 127. The molecule has 4 nitrogen and oxygen atoms in total. The van der Waals surface area contributed by atoms with E-state index in [0.717, 1.165) is 6.07 Å². The molecule has 1 aromatic rings. The monoisotopic (exact) mass is 385 g/mol. The van der Waals surface area contributed by atoms with Crippen molar-refractivity contribution in [2.75, 3.05) is 6.61 Å². The smallest absolute Gasteiger partial charge is 0.462 e. The fraction of sp³-hybridized carbons (Fsp3) is 0.273. The molecule has 1 rings (SSSR count). The van der Waals surface area contributed by atoms with Gasteiger partial charge in [-0.05, 0) is 41.6 Å². The van der Waals surface area contributed by atoms with Crippen molar-refractivity contribution in [3.63, 3.8) is 0 Å². The molecule has 0 spiro atoms. The van der Waals surface area contributed by atoms with E-state index in [9.17, 15) is 18.0 Å². The first-order chi connectivity index (χ1) is 8.80. The van der Waals surface area contributed by atoms with Gasteiger partial charge in [0.2, 0.25) is 0 Å². The molecule has 0 fully saturated rings. The fourth-order valence-electron chi connectivity index (χ4n) is 1.28. The van der Waals surface area contributed by atoms with E-state index in [1.165, 1.54) is 12.1 Å². The predicted molar refractivity (Wildman–Crippen MR) is 66.5 cm³/mol. The predicted octanol–water partition coefficient (Wildman–Crippen LogP) is 3.24. The summed E-state index contributed by atoms with van der Waals surface area (Å²) < 4.78 is 45.3. The van der Waals surface area contributed by atoms with E-state index in [4.69, 9.17) is 10.00 Å². The Morgan fingerprint density at radius 3 is 2.58 bits per heavy atom. The van der Waals surface area contributed by atoms with Gasteiger partial charge in [0.25, 0.3) is 0 Å². The number of esters is 1. The van der Waals surface area contributed by atoms with Crippen molar-refractivity contribution in [2.45, 2.75) is 13.3 Å². The molecule has 0 unspecified atom stereocenters. The molecule has 0 amide bonds. The molecule has 8 heteroatoms. The molecule has 0 atom stereocenters. The summed E-state index contributed by atoms with van der Waals surface area (Å²) in [6.45, 7) is 1.59. The molecule has 0 aromatic heterocycles. The number of hydrogen-bond acceptors (Lipinski definition) is 4. The second-order valence-corrected chi connectivity index (χ2v) is 4.34. The zero-order valence-electron chi connectivity index (χ0n) is 9.55. The number of rotatable bonds is 3. The average molecular weight is 385 g/mol. The Labute approximate surface area is 120 Å². The molecule has 0 radical (unpaired) electrons. The maximum absolute atomic E-state index is 12.2. The van der Waals surface area contributed by atoms with E-state index in [1.807, 2.05) is 0 Å². The molecular weight excluding hydrogens is 378 g/mol. The van der Waals surface area contributed by atoms with Gasteiger partial charge in [-0.2, -0.15) is 5.26 Å². The molecule has 0 bridgehead atoms.